The Labute approximate surface area is 142 Å². The third-order valence-corrected chi connectivity index (χ3v) is 4.36. The summed E-state index contributed by atoms with van der Waals surface area (Å²) in [6, 6.07) is 9.20. The number of carbonyl (C=O) groups is 1. The van der Waals surface area contributed by atoms with E-state index < -0.39 is 0 Å². The Hall–Kier alpha value is -2.56. The van der Waals surface area contributed by atoms with Gasteiger partial charge in [-0.1, -0.05) is 6.92 Å². The number of hydrogen-bond donors (Lipinski definition) is 1. The van der Waals surface area contributed by atoms with Gasteiger partial charge in [-0.25, -0.2) is 0 Å². The molecule has 126 valence electrons. The van der Waals surface area contributed by atoms with E-state index in [0.29, 0.717) is 11.5 Å². The van der Waals surface area contributed by atoms with Gasteiger partial charge >= 0.3 is 0 Å². The van der Waals surface area contributed by atoms with Gasteiger partial charge in [0.1, 0.15) is 5.75 Å². The molecule has 1 saturated heterocycles. The summed E-state index contributed by atoms with van der Waals surface area (Å²) in [6.45, 7) is 4.31. The van der Waals surface area contributed by atoms with Gasteiger partial charge in [0.2, 0.25) is 0 Å². The van der Waals surface area contributed by atoms with Gasteiger partial charge in [-0.15, -0.1) is 0 Å². The molecule has 1 atom stereocenters. The number of ether oxygens (including phenoxy) is 1. The summed E-state index contributed by atoms with van der Waals surface area (Å²) in [5.41, 5.74) is 2.32. The van der Waals surface area contributed by atoms with Crippen molar-refractivity contribution < 1.29 is 9.53 Å². The number of anilines is 2. The minimum absolute atomic E-state index is 0.153. The monoisotopic (exact) mass is 325 g/mol. The Morgan fingerprint density at radius 2 is 2.08 bits per heavy atom. The van der Waals surface area contributed by atoms with Crippen molar-refractivity contribution in [2.75, 3.05) is 30.4 Å². The highest BCUT2D eigenvalue weighted by molar-refractivity contribution is 6.04. The molecule has 1 aromatic heterocycles. The van der Waals surface area contributed by atoms with Gasteiger partial charge in [0.05, 0.1) is 24.6 Å². The number of pyridine rings is 1. The van der Waals surface area contributed by atoms with E-state index in [0.717, 1.165) is 30.2 Å². The van der Waals surface area contributed by atoms with E-state index in [1.54, 1.807) is 13.3 Å². The summed E-state index contributed by atoms with van der Waals surface area (Å²) < 4.78 is 5.12. The quantitative estimate of drug-likeness (QED) is 0.933. The number of hydrogen-bond acceptors (Lipinski definition) is 4. The van der Waals surface area contributed by atoms with Gasteiger partial charge in [0.25, 0.3) is 5.91 Å². The molecule has 1 aliphatic rings. The van der Waals surface area contributed by atoms with Crippen molar-refractivity contribution in [2.24, 2.45) is 5.92 Å². The van der Waals surface area contributed by atoms with E-state index in [-0.39, 0.29) is 5.91 Å². The topological polar surface area (TPSA) is 54.5 Å². The zero-order chi connectivity index (χ0) is 16.9. The maximum absolute atomic E-state index is 12.5. The Morgan fingerprint density at radius 1 is 1.29 bits per heavy atom. The van der Waals surface area contributed by atoms with Gasteiger partial charge < -0.3 is 15.0 Å². The molecule has 24 heavy (non-hydrogen) atoms. The fourth-order valence-electron chi connectivity index (χ4n) is 3.03. The average Bonchev–Trinajstić information content (AvgIpc) is 2.62. The lowest BCUT2D eigenvalue weighted by molar-refractivity contribution is 0.102. The van der Waals surface area contributed by atoms with Gasteiger partial charge in [0, 0.05) is 25.0 Å². The van der Waals surface area contributed by atoms with Crippen LogP contribution in [-0.4, -0.2) is 31.1 Å². The normalized spacial score (nSPS) is 17.4. The van der Waals surface area contributed by atoms with Gasteiger partial charge in [0.15, 0.2) is 0 Å². The molecule has 1 aromatic carbocycles. The van der Waals surface area contributed by atoms with Gasteiger partial charge in [-0.05, 0) is 49.1 Å². The standard InChI is InChI=1S/C19H23N3O2/c1-14-4-3-9-22(13-14)17-10-15(11-20-12-17)19(23)21-16-5-7-18(24-2)8-6-16/h5-8,10-12,14H,3-4,9,13H2,1-2H3,(H,21,23). The number of nitrogens with one attached hydrogen (secondary N) is 1. The first-order chi connectivity index (χ1) is 11.7. The molecule has 1 amide bonds. The highest BCUT2D eigenvalue weighted by atomic mass is 16.5. The fourth-order valence-corrected chi connectivity index (χ4v) is 3.03. The number of methoxy groups -OCH3 is 1. The maximum Gasteiger partial charge on any atom is 0.257 e. The minimum atomic E-state index is -0.153. The predicted molar refractivity (Wildman–Crippen MR) is 95.8 cm³/mol. The van der Waals surface area contributed by atoms with E-state index in [1.165, 1.54) is 12.8 Å². The second kappa shape index (κ2) is 7.34. The molecule has 5 heteroatoms. The lowest BCUT2D eigenvalue weighted by Gasteiger charge is -2.32. The number of benzene rings is 1. The second-order valence-electron chi connectivity index (χ2n) is 6.31. The van der Waals surface area contributed by atoms with E-state index >= 15 is 0 Å². The van der Waals surface area contributed by atoms with Crippen molar-refractivity contribution in [1.82, 2.24) is 4.98 Å². The molecule has 0 aliphatic carbocycles. The first-order valence-corrected chi connectivity index (χ1v) is 8.31. The average molecular weight is 325 g/mol. The summed E-state index contributed by atoms with van der Waals surface area (Å²) in [5, 5.41) is 2.90. The first kappa shape index (κ1) is 16.3. The van der Waals surface area contributed by atoms with Gasteiger partial charge in [-0.2, -0.15) is 0 Å². The molecule has 1 aliphatic heterocycles. The van der Waals surface area contributed by atoms with Crippen LogP contribution in [-0.2, 0) is 0 Å². The minimum Gasteiger partial charge on any atom is -0.497 e. The number of aromatic nitrogens is 1. The molecular formula is C19H23N3O2. The van der Waals surface area contributed by atoms with Crippen LogP contribution in [0.25, 0.3) is 0 Å². The van der Waals surface area contributed by atoms with Crippen LogP contribution >= 0.6 is 0 Å². The molecule has 2 heterocycles. The van der Waals surface area contributed by atoms with Crippen LogP contribution in [0.15, 0.2) is 42.7 Å². The summed E-state index contributed by atoms with van der Waals surface area (Å²) >= 11 is 0. The zero-order valence-corrected chi connectivity index (χ0v) is 14.2. The summed E-state index contributed by atoms with van der Waals surface area (Å²) in [5.74, 6) is 1.28. The Bertz CT molecular complexity index is 700. The largest absolute Gasteiger partial charge is 0.497 e. The number of piperidine rings is 1. The van der Waals surface area contributed by atoms with E-state index in [4.69, 9.17) is 4.74 Å². The number of nitrogens with zero attached hydrogens (tertiary/aromatic N) is 2. The van der Waals surface area contributed by atoms with Crippen LogP contribution < -0.4 is 15.0 Å². The van der Waals surface area contributed by atoms with Crippen molar-refractivity contribution in [2.45, 2.75) is 19.8 Å². The Morgan fingerprint density at radius 3 is 2.79 bits per heavy atom. The van der Waals surface area contributed by atoms with Crippen molar-refractivity contribution in [3.63, 3.8) is 0 Å². The molecule has 0 saturated carbocycles. The lowest BCUT2D eigenvalue weighted by Crippen LogP contribution is -2.34. The Balaban J connectivity index is 1.71. The van der Waals surface area contributed by atoms with Gasteiger partial charge in [-0.3, -0.25) is 9.78 Å². The first-order valence-electron chi connectivity index (χ1n) is 8.31. The summed E-state index contributed by atoms with van der Waals surface area (Å²) in [4.78, 5) is 19.0. The molecule has 1 fully saturated rings. The maximum atomic E-state index is 12.5. The van der Waals surface area contributed by atoms with Crippen molar-refractivity contribution in [1.29, 1.82) is 0 Å². The Kier molecular flexibility index (Phi) is 4.99. The second-order valence-corrected chi connectivity index (χ2v) is 6.31. The summed E-state index contributed by atoms with van der Waals surface area (Å²) in [6.07, 6.45) is 5.89. The van der Waals surface area contributed by atoms with Crippen molar-refractivity contribution in [3.05, 3.63) is 48.3 Å². The molecule has 0 bridgehead atoms. The van der Waals surface area contributed by atoms with E-state index in [9.17, 15) is 4.79 Å². The van der Waals surface area contributed by atoms with Crippen LogP contribution in [0.1, 0.15) is 30.1 Å². The molecule has 1 N–H and O–H groups in total. The highest BCUT2D eigenvalue weighted by Gasteiger charge is 2.18. The number of carbonyl (C=O) groups excluding carboxylic acids is 1. The van der Waals surface area contributed by atoms with E-state index in [1.807, 2.05) is 36.5 Å². The molecule has 2 aromatic rings. The molecule has 5 nitrogen and oxygen atoms in total. The van der Waals surface area contributed by atoms with Crippen LogP contribution in [0.5, 0.6) is 5.75 Å². The van der Waals surface area contributed by atoms with E-state index in [2.05, 4.69) is 22.1 Å². The molecule has 1 unspecified atom stereocenters. The molecule has 3 rings (SSSR count). The van der Waals surface area contributed by atoms with Crippen LogP contribution in [0.2, 0.25) is 0 Å². The lowest BCUT2D eigenvalue weighted by atomic mass is 10.00. The number of rotatable bonds is 4. The van der Waals surface area contributed by atoms with Crippen LogP contribution in [0.4, 0.5) is 11.4 Å². The fraction of sp³-hybridized carbons (Fsp3) is 0.368. The van der Waals surface area contributed by atoms with Crippen molar-refractivity contribution >= 4 is 17.3 Å². The predicted octanol–water partition coefficient (Wildman–Crippen LogP) is 3.58. The summed E-state index contributed by atoms with van der Waals surface area (Å²) in [7, 11) is 1.62. The molecule has 0 radical (unpaired) electrons. The highest BCUT2D eigenvalue weighted by Crippen LogP contribution is 2.23. The molecular weight excluding hydrogens is 302 g/mol. The third-order valence-electron chi connectivity index (χ3n) is 4.36. The SMILES string of the molecule is COc1ccc(NC(=O)c2cncc(N3CCCC(C)C3)c2)cc1. The van der Waals surface area contributed by atoms with Crippen molar-refractivity contribution in [3.8, 4) is 5.75 Å². The van der Waals surface area contributed by atoms with Crippen LogP contribution in [0, 0.1) is 5.92 Å². The van der Waals surface area contributed by atoms with Crippen LogP contribution in [0.3, 0.4) is 0 Å². The smallest absolute Gasteiger partial charge is 0.257 e. The third kappa shape index (κ3) is 3.85. The zero-order valence-electron chi connectivity index (χ0n) is 14.2. The number of amides is 1. The molecule has 0 spiro atoms.